The molecule has 3 rings (SSSR count). The second-order valence-electron chi connectivity index (χ2n) is 9.17. The van der Waals surface area contributed by atoms with Gasteiger partial charge in [0.25, 0.3) is 5.91 Å². The Balaban J connectivity index is 1.69. The zero-order valence-electron chi connectivity index (χ0n) is 17.3. The number of benzene rings is 1. The highest BCUT2D eigenvalue weighted by atomic mass is 19.1. The molecule has 0 saturated heterocycles. The van der Waals surface area contributed by atoms with Gasteiger partial charge in [0, 0.05) is 30.1 Å². The monoisotopic (exact) mass is 398 g/mol. The van der Waals surface area contributed by atoms with E-state index in [4.69, 9.17) is 0 Å². The first-order valence-corrected chi connectivity index (χ1v) is 9.78. The van der Waals surface area contributed by atoms with Gasteiger partial charge in [0.2, 0.25) is 0 Å². The molecule has 0 bridgehead atoms. The number of carbonyl (C=O) groups is 2. The summed E-state index contributed by atoms with van der Waals surface area (Å²) < 4.78 is 14.5. The first-order valence-electron chi connectivity index (χ1n) is 9.78. The van der Waals surface area contributed by atoms with Crippen molar-refractivity contribution in [1.29, 1.82) is 0 Å². The van der Waals surface area contributed by atoms with E-state index in [1.54, 1.807) is 12.1 Å². The minimum Gasteiger partial charge on any atom is -0.508 e. The molecule has 5 nitrogen and oxygen atoms in total. The summed E-state index contributed by atoms with van der Waals surface area (Å²) in [5.41, 5.74) is 1.10. The van der Waals surface area contributed by atoms with Gasteiger partial charge in [-0.2, -0.15) is 0 Å². The van der Waals surface area contributed by atoms with Crippen molar-refractivity contribution in [1.82, 2.24) is 10.3 Å². The van der Waals surface area contributed by atoms with Crippen molar-refractivity contribution >= 4 is 11.7 Å². The highest BCUT2D eigenvalue weighted by Gasteiger charge is 2.41. The van der Waals surface area contributed by atoms with Crippen LogP contribution in [0, 0.1) is 5.82 Å². The van der Waals surface area contributed by atoms with E-state index in [0.29, 0.717) is 11.1 Å². The van der Waals surface area contributed by atoms with Crippen molar-refractivity contribution in [3.63, 3.8) is 0 Å². The maximum atomic E-state index is 14.5. The van der Waals surface area contributed by atoms with E-state index in [-0.39, 0.29) is 47.0 Å². The van der Waals surface area contributed by atoms with Crippen LogP contribution >= 0.6 is 0 Å². The molecule has 29 heavy (non-hydrogen) atoms. The lowest BCUT2D eigenvalue weighted by molar-refractivity contribution is -0.117. The smallest absolute Gasteiger partial charge is 0.270 e. The molecule has 0 aliphatic heterocycles. The fourth-order valence-electron chi connectivity index (χ4n) is 3.30. The number of hydrogen-bond donors (Lipinski definition) is 2. The maximum Gasteiger partial charge on any atom is 0.270 e. The van der Waals surface area contributed by atoms with Crippen molar-refractivity contribution in [2.24, 2.45) is 0 Å². The van der Waals surface area contributed by atoms with Gasteiger partial charge in [0.1, 0.15) is 23.0 Å². The molecule has 0 radical (unpaired) electrons. The summed E-state index contributed by atoms with van der Waals surface area (Å²) in [5, 5.41) is 13.1. The normalized spacial score (nSPS) is 15.1. The fourth-order valence-corrected chi connectivity index (χ4v) is 3.30. The standard InChI is InChI=1S/C23H27FN2O3/c1-22(2,3)26-21(29)19-10-14(5-8-25-19)9-16(27)11-15-12-20(28)17(13-18(15)24)23(4)6-7-23/h5,8,10,12-13,28H,6-7,9,11H2,1-4H3,(H,26,29). The Bertz CT molecular complexity index is 959. The molecule has 0 spiro atoms. The lowest BCUT2D eigenvalue weighted by Gasteiger charge is -2.20. The molecule has 1 aromatic heterocycles. The summed E-state index contributed by atoms with van der Waals surface area (Å²) >= 11 is 0. The topological polar surface area (TPSA) is 79.3 Å². The van der Waals surface area contributed by atoms with Crippen molar-refractivity contribution in [2.45, 2.75) is 64.3 Å². The molecule has 6 heteroatoms. The summed E-state index contributed by atoms with van der Waals surface area (Å²) in [7, 11) is 0. The Morgan fingerprint density at radius 2 is 1.90 bits per heavy atom. The minimum atomic E-state index is -0.473. The zero-order chi connectivity index (χ0) is 21.4. The average Bonchev–Trinajstić information content (AvgIpc) is 3.35. The quantitative estimate of drug-likeness (QED) is 0.774. The van der Waals surface area contributed by atoms with Crippen LogP contribution in [0.2, 0.25) is 0 Å². The number of ketones is 1. The number of rotatable bonds is 6. The molecule has 2 N–H and O–H groups in total. The van der Waals surface area contributed by atoms with Gasteiger partial charge in [-0.1, -0.05) is 6.92 Å². The number of aromatic hydroxyl groups is 1. The van der Waals surface area contributed by atoms with E-state index < -0.39 is 11.4 Å². The maximum absolute atomic E-state index is 14.5. The first-order chi connectivity index (χ1) is 13.5. The average molecular weight is 398 g/mol. The number of Topliss-reactive ketones (excluding diaryl/α,β-unsaturated/α-hetero) is 1. The van der Waals surface area contributed by atoms with Gasteiger partial charge in [-0.3, -0.25) is 14.6 Å². The minimum absolute atomic E-state index is 0.0410. The van der Waals surface area contributed by atoms with Crippen molar-refractivity contribution < 1.29 is 19.1 Å². The molecule has 0 atom stereocenters. The Hall–Kier alpha value is -2.76. The lowest BCUT2D eigenvalue weighted by Crippen LogP contribution is -2.40. The Kier molecular flexibility index (Phi) is 5.48. The summed E-state index contributed by atoms with van der Waals surface area (Å²) in [6, 6.07) is 5.95. The number of carbonyl (C=O) groups excluding carboxylic acids is 2. The van der Waals surface area contributed by atoms with E-state index in [2.05, 4.69) is 10.3 Å². The molecule has 1 saturated carbocycles. The third kappa shape index (κ3) is 5.19. The predicted molar refractivity (Wildman–Crippen MR) is 109 cm³/mol. The van der Waals surface area contributed by atoms with Crippen LogP contribution in [0.5, 0.6) is 5.75 Å². The van der Waals surface area contributed by atoms with Gasteiger partial charge >= 0.3 is 0 Å². The molecule has 2 aromatic rings. The summed E-state index contributed by atoms with van der Waals surface area (Å²) in [6.45, 7) is 7.61. The highest BCUT2D eigenvalue weighted by Crippen LogP contribution is 2.51. The molecule has 1 heterocycles. The van der Waals surface area contributed by atoms with E-state index in [1.807, 2.05) is 27.7 Å². The number of nitrogens with one attached hydrogen (secondary N) is 1. The van der Waals surface area contributed by atoms with Gasteiger partial charge < -0.3 is 10.4 Å². The molecule has 0 unspecified atom stereocenters. The molecule has 1 aliphatic carbocycles. The molecule has 1 fully saturated rings. The first kappa shape index (κ1) is 21.0. The predicted octanol–water partition coefficient (Wildman–Crippen LogP) is 3.86. The third-order valence-corrected chi connectivity index (χ3v) is 5.15. The summed E-state index contributed by atoms with van der Waals surface area (Å²) in [5.74, 6) is -0.951. The largest absolute Gasteiger partial charge is 0.508 e. The SMILES string of the molecule is CC(C)(C)NC(=O)c1cc(CC(=O)Cc2cc(O)c(C3(C)CC3)cc2F)ccn1. The number of aromatic nitrogens is 1. The molecular formula is C23H27FN2O3. The lowest BCUT2D eigenvalue weighted by atomic mass is 9.94. The van der Waals surface area contributed by atoms with Crippen molar-refractivity contribution in [3.05, 3.63) is 58.7 Å². The van der Waals surface area contributed by atoms with Crippen LogP contribution in [0.25, 0.3) is 0 Å². The van der Waals surface area contributed by atoms with Crippen LogP contribution in [0.1, 0.15) is 67.7 Å². The summed E-state index contributed by atoms with van der Waals surface area (Å²) in [4.78, 5) is 28.8. The van der Waals surface area contributed by atoms with Crippen LogP contribution in [0.3, 0.4) is 0 Å². The number of nitrogens with zero attached hydrogens (tertiary/aromatic N) is 1. The van der Waals surface area contributed by atoms with E-state index >= 15 is 0 Å². The third-order valence-electron chi connectivity index (χ3n) is 5.15. The second-order valence-corrected chi connectivity index (χ2v) is 9.17. The number of phenols is 1. The Morgan fingerprint density at radius 1 is 1.21 bits per heavy atom. The van der Waals surface area contributed by atoms with Crippen molar-refractivity contribution in [3.8, 4) is 5.75 Å². The summed E-state index contributed by atoms with van der Waals surface area (Å²) in [6.07, 6.45) is 3.26. The van der Waals surface area contributed by atoms with E-state index in [9.17, 15) is 19.1 Å². The van der Waals surface area contributed by atoms with Gasteiger partial charge in [-0.25, -0.2) is 4.39 Å². The molecule has 1 aromatic carbocycles. The molecule has 1 aliphatic rings. The number of amides is 1. The second kappa shape index (κ2) is 7.58. The molecule has 154 valence electrons. The van der Waals surface area contributed by atoms with Crippen LogP contribution in [0.4, 0.5) is 4.39 Å². The van der Waals surface area contributed by atoms with Gasteiger partial charge in [0.15, 0.2) is 0 Å². The van der Waals surface area contributed by atoms with Gasteiger partial charge in [-0.15, -0.1) is 0 Å². The number of phenolic OH excluding ortho intramolecular Hbond substituents is 1. The molecular weight excluding hydrogens is 371 g/mol. The van der Waals surface area contributed by atoms with Crippen LogP contribution < -0.4 is 5.32 Å². The fraction of sp³-hybridized carbons (Fsp3) is 0.435. The van der Waals surface area contributed by atoms with Gasteiger partial charge in [-0.05, 0) is 74.4 Å². The van der Waals surface area contributed by atoms with Crippen LogP contribution in [-0.2, 0) is 23.1 Å². The number of pyridine rings is 1. The van der Waals surface area contributed by atoms with Gasteiger partial charge in [0.05, 0.1) is 0 Å². The van der Waals surface area contributed by atoms with Crippen LogP contribution in [-0.4, -0.2) is 27.3 Å². The van der Waals surface area contributed by atoms with E-state index in [0.717, 1.165) is 12.8 Å². The Morgan fingerprint density at radius 3 is 2.52 bits per heavy atom. The van der Waals surface area contributed by atoms with Crippen LogP contribution in [0.15, 0.2) is 30.5 Å². The molecule has 1 amide bonds. The Labute approximate surface area is 170 Å². The number of hydrogen-bond acceptors (Lipinski definition) is 4. The highest BCUT2D eigenvalue weighted by molar-refractivity contribution is 5.93. The zero-order valence-corrected chi connectivity index (χ0v) is 17.3. The number of halogens is 1. The van der Waals surface area contributed by atoms with E-state index in [1.165, 1.54) is 18.3 Å². The van der Waals surface area contributed by atoms with Crippen molar-refractivity contribution in [2.75, 3.05) is 0 Å².